The minimum atomic E-state index is -0.558. The average Bonchev–Trinajstić information content (AvgIpc) is 3.35. The van der Waals surface area contributed by atoms with Crippen molar-refractivity contribution >= 4 is 33.1 Å². The van der Waals surface area contributed by atoms with Crippen LogP contribution in [0.5, 0.6) is 17.2 Å². The van der Waals surface area contributed by atoms with Gasteiger partial charge in [-0.1, -0.05) is 12.1 Å². The number of aromatic nitrogens is 2. The predicted octanol–water partition coefficient (Wildman–Crippen LogP) is 3.33. The Kier molecular flexibility index (Phi) is 7.21. The molecule has 0 aliphatic carbocycles. The molecule has 2 heterocycles. The normalized spacial score (nSPS) is 10.8. The maximum atomic E-state index is 13.3. The molecule has 0 saturated heterocycles. The minimum absolute atomic E-state index is 0.0786. The van der Waals surface area contributed by atoms with Gasteiger partial charge in [-0.25, -0.2) is 4.79 Å². The van der Waals surface area contributed by atoms with Crippen LogP contribution < -0.4 is 30.8 Å². The molecule has 1 amide bonds. The summed E-state index contributed by atoms with van der Waals surface area (Å²) in [5.74, 6) is 1.29. The summed E-state index contributed by atoms with van der Waals surface area (Å²) >= 11 is 1.24. The summed E-state index contributed by atoms with van der Waals surface area (Å²) < 4.78 is 18.8. The zero-order valence-corrected chi connectivity index (χ0v) is 20.4. The highest BCUT2D eigenvalue weighted by atomic mass is 32.1. The summed E-state index contributed by atoms with van der Waals surface area (Å²) in [5.41, 5.74) is 0.743. The molecule has 0 radical (unpaired) electrons. The number of rotatable bonds is 9. The van der Waals surface area contributed by atoms with Crippen LogP contribution in [0.2, 0.25) is 0 Å². The van der Waals surface area contributed by atoms with Gasteiger partial charge in [0.25, 0.3) is 5.56 Å². The van der Waals surface area contributed by atoms with E-state index in [1.165, 1.54) is 30.1 Å². The van der Waals surface area contributed by atoms with Crippen LogP contribution in [0, 0.1) is 0 Å². The van der Waals surface area contributed by atoms with Crippen molar-refractivity contribution < 1.29 is 19.0 Å². The highest BCUT2D eigenvalue weighted by Crippen LogP contribution is 2.29. The molecule has 0 aliphatic rings. The van der Waals surface area contributed by atoms with E-state index in [2.05, 4.69) is 5.32 Å². The van der Waals surface area contributed by atoms with Crippen molar-refractivity contribution in [3.63, 3.8) is 0 Å². The van der Waals surface area contributed by atoms with Crippen molar-refractivity contribution in [2.45, 2.75) is 20.0 Å². The second kappa shape index (κ2) is 10.5. The Hall–Kier alpha value is -4.05. The number of benzene rings is 2. The summed E-state index contributed by atoms with van der Waals surface area (Å²) in [6, 6.07) is 13.9. The summed E-state index contributed by atoms with van der Waals surface area (Å²) in [6.07, 6.45) is 0. The number of nitrogens with zero attached hydrogens (tertiary/aromatic N) is 2. The van der Waals surface area contributed by atoms with E-state index in [9.17, 15) is 14.4 Å². The Labute approximate surface area is 205 Å². The van der Waals surface area contributed by atoms with Crippen molar-refractivity contribution in [3.05, 3.63) is 80.3 Å². The molecule has 4 aromatic rings. The van der Waals surface area contributed by atoms with Crippen LogP contribution in [0.15, 0.2) is 63.5 Å². The molecule has 0 atom stereocenters. The number of carbonyl (C=O) groups excluding carboxylic acids is 1. The van der Waals surface area contributed by atoms with Crippen LogP contribution >= 0.6 is 11.3 Å². The highest BCUT2D eigenvalue weighted by Gasteiger charge is 2.17. The standard InChI is InChI=1S/C25H25N3O6S/c1-4-34-18-8-5-16(6-9-18)14-28-24(30)23-19(11-12-35-23)27(25(28)31)15-22(29)26-17-7-10-20(32-2)21(13-17)33-3/h5-13H,4,14-15H2,1-3H3,(H,26,29). The number of anilines is 1. The summed E-state index contributed by atoms with van der Waals surface area (Å²) in [7, 11) is 3.03. The lowest BCUT2D eigenvalue weighted by molar-refractivity contribution is -0.116. The maximum absolute atomic E-state index is 13.3. The lowest BCUT2D eigenvalue weighted by atomic mass is 10.2. The zero-order chi connectivity index (χ0) is 24.9. The van der Waals surface area contributed by atoms with Crippen LogP contribution in [0.25, 0.3) is 10.2 Å². The number of hydrogen-bond donors (Lipinski definition) is 1. The SMILES string of the molecule is CCOc1ccc(Cn2c(=O)c3sccc3n(CC(=O)Nc3ccc(OC)c(OC)c3)c2=O)cc1. The zero-order valence-electron chi connectivity index (χ0n) is 19.6. The van der Waals surface area contributed by atoms with Gasteiger partial charge in [-0.15, -0.1) is 11.3 Å². The molecule has 0 bridgehead atoms. The van der Waals surface area contributed by atoms with Crippen molar-refractivity contribution in [1.82, 2.24) is 9.13 Å². The number of fused-ring (bicyclic) bond motifs is 1. The number of thiophene rings is 1. The fourth-order valence-corrected chi connectivity index (χ4v) is 4.57. The van der Waals surface area contributed by atoms with E-state index >= 15 is 0 Å². The molecular weight excluding hydrogens is 470 g/mol. The number of nitrogens with one attached hydrogen (secondary N) is 1. The van der Waals surface area contributed by atoms with E-state index in [0.29, 0.717) is 39.8 Å². The highest BCUT2D eigenvalue weighted by molar-refractivity contribution is 7.17. The lowest BCUT2D eigenvalue weighted by Gasteiger charge is -2.14. The predicted molar refractivity (Wildman–Crippen MR) is 135 cm³/mol. The number of hydrogen-bond acceptors (Lipinski definition) is 7. The summed E-state index contributed by atoms with van der Waals surface area (Å²) in [6.45, 7) is 2.26. The van der Waals surface area contributed by atoms with Crippen LogP contribution in [0.3, 0.4) is 0 Å². The molecule has 0 spiro atoms. The first kappa shape index (κ1) is 24.1. The Balaban J connectivity index is 1.64. The van der Waals surface area contributed by atoms with Crippen molar-refractivity contribution in [2.75, 3.05) is 26.1 Å². The second-order valence-corrected chi connectivity index (χ2v) is 8.51. The molecule has 0 saturated carbocycles. The summed E-state index contributed by atoms with van der Waals surface area (Å²) in [4.78, 5) is 39.3. The Bertz CT molecular complexity index is 1470. The van der Waals surface area contributed by atoms with E-state index in [4.69, 9.17) is 14.2 Å². The third-order valence-corrected chi connectivity index (χ3v) is 6.27. The molecule has 4 rings (SSSR count). The molecule has 9 nitrogen and oxygen atoms in total. The second-order valence-electron chi connectivity index (χ2n) is 7.59. The topological polar surface area (TPSA) is 101 Å². The van der Waals surface area contributed by atoms with Crippen molar-refractivity contribution in [2.24, 2.45) is 0 Å². The van der Waals surface area contributed by atoms with Gasteiger partial charge in [0.15, 0.2) is 11.5 Å². The van der Waals surface area contributed by atoms with E-state index in [0.717, 1.165) is 10.1 Å². The van der Waals surface area contributed by atoms with Crippen LogP contribution in [0.1, 0.15) is 12.5 Å². The number of ether oxygens (including phenoxy) is 3. The Morgan fingerprint density at radius 2 is 1.71 bits per heavy atom. The smallest absolute Gasteiger partial charge is 0.332 e. The van der Waals surface area contributed by atoms with Crippen LogP contribution in [-0.4, -0.2) is 35.9 Å². The third-order valence-electron chi connectivity index (χ3n) is 5.38. The molecule has 10 heteroatoms. The van der Waals surface area contributed by atoms with E-state index < -0.39 is 11.6 Å². The van der Waals surface area contributed by atoms with Gasteiger partial charge in [0, 0.05) is 11.8 Å². The largest absolute Gasteiger partial charge is 0.494 e. The molecule has 0 aliphatic heterocycles. The molecule has 35 heavy (non-hydrogen) atoms. The maximum Gasteiger partial charge on any atom is 0.332 e. The molecule has 1 N–H and O–H groups in total. The fraction of sp³-hybridized carbons (Fsp3) is 0.240. The molecule has 0 unspecified atom stereocenters. The molecule has 182 valence electrons. The van der Waals surface area contributed by atoms with Crippen LogP contribution in [-0.2, 0) is 17.9 Å². The molecule has 0 fully saturated rings. The first-order chi connectivity index (χ1) is 16.9. The first-order valence-electron chi connectivity index (χ1n) is 10.9. The van der Waals surface area contributed by atoms with Crippen molar-refractivity contribution in [1.29, 1.82) is 0 Å². The fourth-order valence-electron chi connectivity index (χ4n) is 3.72. The molecule has 2 aromatic heterocycles. The van der Waals surface area contributed by atoms with Gasteiger partial charge in [-0.05, 0) is 48.2 Å². The number of methoxy groups -OCH3 is 2. The van der Waals surface area contributed by atoms with Gasteiger partial charge >= 0.3 is 5.69 Å². The lowest BCUT2D eigenvalue weighted by Crippen LogP contribution is -2.41. The van der Waals surface area contributed by atoms with Gasteiger partial charge in [0.1, 0.15) is 17.0 Å². The number of carbonyl (C=O) groups is 1. The minimum Gasteiger partial charge on any atom is -0.494 e. The monoisotopic (exact) mass is 495 g/mol. The van der Waals surface area contributed by atoms with Gasteiger partial charge in [-0.2, -0.15) is 0 Å². The molecular formula is C25H25N3O6S. The Morgan fingerprint density at radius 3 is 2.40 bits per heavy atom. The van der Waals surface area contributed by atoms with Gasteiger partial charge in [0.05, 0.1) is 32.9 Å². The van der Waals surface area contributed by atoms with Gasteiger partial charge in [0.2, 0.25) is 5.91 Å². The van der Waals surface area contributed by atoms with Crippen molar-refractivity contribution in [3.8, 4) is 17.2 Å². The number of amides is 1. The molecule has 2 aromatic carbocycles. The average molecular weight is 496 g/mol. The van der Waals surface area contributed by atoms with E-state index in [1.807, 2.05) is 19.1 Å². The quantitative estimate of drug-likeness (QED) is 0.382. The van der Waals surface area contributed by atoms with Gasteiger partial charge in [-0.3, -0.25) is 18.7 Å². The first-order valence-corrected chi connectivity index (χ1v) is 11.8. The van der Waals surface area contributed by atoms with Crippen LogP contribution in [0.4, 0.5) is 5.69 Å². The Morgan fingerprint density at radius 1 is 0.971 bits per heavy atom. The van der Waals surface area contributed by atoms with E-state index in [1.54, 1.807) is 41.8 Å². The van der Waals surface area contributed by atoms with E-state index in [-0.39, 0.29) is 18.6 Å². The van der Waals surface area contributed by atoms with Gasteiger partial charge < -0.3 is 19.5 Å². The summed E-state index contributed by atoms with van der Waals surface area (Å²) in [5, 5.41) is 4.50. The third kappa shape index (κ3) is 5.07.